The fraction of sp³-hybridized carbons (Fsp3) is 1.00. The topological polar surface area (TPSA) is 12.0 Å². The molecule has 0 aromatic heterocycles. The first-order valence-corrected chi connectivity index (χ1v) is 8.16. The lowest BCUT2D eigenvalue weighted by atomic mass is 9.76. The molecule has 0 aliphatic heterocycles. The molecule has 1 aliphatic carbocycles. The smallest absolute Gasteiger partial charge is 0.00723 e. The molecule has 1 N–H and O–H groups in total. The van der Waals surface area contributed by atoms with E-state index in [1.807, 2.05) is 0 Å². The molecule has 1 fully saturated rings. The summed E-state index contributed by atoms with van der Waals surface area (Å²) < 4.78 is 0. The van der Waals surface area contributed by atoms with Crippen molar-refractivity contribution in [3.8, 4) is 0 Å². The summed E-state index contributed by atoms with van der Waals surface area (Å²) in [5, 5.41) is 3.73. The molecule has 0 spiro atoms. The molecular formula is C17H35N. The van der Waals surface area contributed by atoms with Crippen LogP contribution in [0, 0.1) is 17.3 Å². The lowest BCUT2D eigenvalue weighted by molar-refractivity contribution is 0.202. The molecule has 1 saturated carbocycles. The molecule has 0 heterocycles. The van der Waals surface area contributed by atoms with Gasteiger partial charge in [-0.2, -0.15) is 0 Å². The predicted molar refractivity (Wildman–Crippen MR) is 81.9 cm³/mol. The molecule has 18 heavy (non-hydrogen) atoms. The zero-order chi connectivity index (χ0) is 13.6. The van der Waals surface area contributed by atoms with Gasteiger partial charge in [0.15, 0.2) is 0 Å². The molecule has 0 aromatic rings. The summed E-state index contributed by atoms with van der Waals surface area (Å²) in [5.41, 5.74) is 0.445. The van der Waals surface area contributed by atoms with E-state index in [0.29, 0.717) is 5.41 Å². The van der Waals surface area contributed by atoms with Crippen LogP contribution in [0.4, 0.5) is 0 Å². The lowest BCUT2D eigenvalue weighted by Crippen LogP contribution is -2.35. The largest absolute Gasteiger partial charge is 0.314 e. The second kappa shape index (κ2) is 7.53. The average molecular weight is 253 g/mol. The second-order valence-corrected chi connectivity index (χ2v) is 7.50. The van der Waals surface area contributed by atoms with Crippen LogP contribution in [0.15, 0.2) is 0 Å². The quantitative estimate of drug-likeness (QED) is 0.702. The summed E-state index contributed by atoms with van der Waals surface area (Å²) in [6, 6.07) is 0.743. The van der Waals surface area contributed by atoms with Crippen LogP contribution in [-0.2, 0) is 0 Å². The van der Waals surface area contributed by atoms with Gasteiger partial charge in [0.2, 0.25) is 0 Å². The summed E-state index contributed by atoms with van der Waals surface area (Å²) >= 11 is 0. The Balaban J connectivity index is 2.43. The van der Waals surface area contributed by atoms with Crippen molar-refractivity contribution in [3.63, 3.8) is 0 Å². The van der Waals surface area contributed by atoms with E-state index >= 15 is 0 Å². The molecule has 0 aromatic carbocycles. The molecule has 0 amide bonds. The van der Waals surface area contributed by atoms with Crippen molar-refractivity contribution in [1.29, 1.82) is 0 Å². The van der Waals surface area contributed by atoms with E-state index in [0.717, 1.165) is 24.4 Å². The van der Waals surface area contributed by atoms with E-state index < -0.39 is 0 Å². The van der Waals surface area contributed by atoms with Crippen LogP contribution in [0.2, 0.25) is 0 Å². The molecular weight excluding hydrogens is 218 g/mol. The molecule has 0 radical (unpaired) electrons. The minimum absolute atomic E-state index is 0.445. The second-order valence-electron chi connectivity index (χ2n) is 7.50. The Bertz CT molecular complexity index is 210. The Labute approximate surface area is 115 Å². The number of rotatable bonds is 6. The van der Waals surface area contributed by atoms with Crippen molar-refractivity contribution >= 4 is 0 Å². The predicted octanol–water partition coefficient (Wildman–Crippen LogP) is 5.01. The standard InChI is InChI=1S/C17H35N/c1-6-18-16(12-14(2)17(3,4)5)13-15-10-8-7-9-11-15/h14-16,18H,6-13H2,1-5H3. The highest BCUT2D eigenvalue weighted by Crippen LogP contribution is 2.33. The van der Waals surface area contributed by atoms with Crippen molar-refractivity contribution in [3.05, 3.63) is 0 Å². The zero-order valence-corrected chi connectivity index (χ0v) is 13.4. The molecule has 1 heteroatoms. The molecule has 108 valence electrons. The Morgan fingerprint density at radius 1 is 1.11 bits per heavy atom. The summed E-state index contributed by atoms with van der Waals surface area (Å²) in [4.78, 5) is 0. The summed E-state index contributed by atoms with van der Waals surface area (Å²) in [6.07, 6.45) is 10.1. The van der Waals surface area contributed by atoms with Gasteiger partial charge in [-0.3, -0.25) is 0 Å². The molecule has 1 rings (SSSR count). The van der Waals surface area contributed by atoms with Gasteiger partial charge in [0, 0.05) is 6.04 Å². The lowest BCUT2D eigenvalue weighted by Gasteiger charge is -2.33. The average Bonchev–Trinajstić information content (AvgIpc) is 2.29. The van der Waals surface area contributed by atoms with Crippen LogP contribution in [0.5, 0.6) is 0 Å². The third kappa shape index (κ3) is 5.73. The van der Waals surface area contributed by atoms with Gasteiger partial charge in [0.1, 0.15) is 0 Å². The van der Waals surface area contributed by atoms with Crippen molar-refractivity contribution < 1.29 is 0 Å². The van der Waals surface area contributed by atoms with Gasteiger partial charge < -0.3 is 5.32 Å². The first-order chi connectivity index (χ1) is 8.43. The van der Waals surface area contributed by atoms with Gasteiger partial charge >= 0.3 is 0 Å². The SMILES string of the molecule is CCNC(CC1CCCCC1)CC(C)C(C)(C)C. The minimum Gasteiger partial charge on any atom is -0.314 e. The number of hydrogen-bond acceptors (Lipinski definition) is 1. The molecule has 1 nitrogen and oxygen atoms in total. The van der Waals surface area contributed by atoms with Crippen LogP contribution in [0.3, 0.4) is 0 Å². The summed E-state index contributed by atoms with van der Waals surface area (Å²) in [7, 11) is 0. The fourth-order valence-electron chi connectivity index (χ4n) is 3.16. The Morgan fingerprint density at radius 3 is 2.22 bits per heavy atom. The normalized spacial score (nSPS) is 21.8. The van der Waals surface area contributed by atoms with Gasteiger partial charge in [-0.15, -0.1) is 0 Å². The molecule has 0 bridgehead atoms. The fourth-order valence-corrected chi connectivity index (χ4v) is 3.16. The van der Waals surface area contributed by atoms with Crippen molar-refractivity contribution in [2.24, 2.45) is 17.3 Å². The van der Waals surface area contributed by atoms with E-state index in [2.05, 4.69) is 39.9 Å². The van der Waals surface area contributed by atoms with Gasteiger partial charge in [0.25, 0.3) is 0 Å². The minimum atomic E-state index is 0.445. The van der Waals surface area contributed by atoms with Crippen molar-refractivity contribution in [2.75, 3.05) is 6.54 Å². The van der Waals surface area contributed by atoms with E-state index in [9.17, 15) is 0 Å². The van der Waals surface area contributed by atoms with Crippen molar-refractivity contribution in [1.82, 2.24) is 5.32 Å². The Morgan fingerprint density at radius 2 is 1.72 bits per heavy atom. The van der Waals surface area contributed by atoms with Gasteiger partial charge in [-0.25, -0.2) is 0 Å². The monoisotopic (exact) mass is 253 g/mol. The molecule has 2 unspecified atom stereocenters. The van der Waals surface area contributed by atoms with E-state index in [1.165, 1.54) is 44.9 Å². The highest BCUT2D eigenvalue weighted by molar-refractivity contribution is 4.80. The van der Waals surface area contributed by atoms with Crippen LogP contribution in [0.1, 0.15) is 79.6 Å². The highest BCUT2D eigenvalue weighted by atomic mass is 14.9. The van der Waals surface area contributed by atoms with E-state index in [4.69, 9.17) is 0 Å². The molecule has 1 aliphatic rings. The third-order valence-electron chi connectivity index (χ3n) is 4.95. The van der Waals surface area contributed by atoms with Crippen molar-refractivity contribution in [2.45, 2.75) is 85.6 Å². The molecule has 2 atom stereocenters. The van der Waals surface area contributed by atoms with Crippen LogP contribution in [0.25, 0.3) is 0 Å². The first kappa shape index (κ1) is 16.0. The number of hydrogen-bond donors (Lipinski definition) is 1. The van der Waals surface area contributed by atoms with Crippen LogP contribution < -0.4 is 5.32 Å². The molecule has 0 saturated heterocycles. The Hall–Kier alpha value is -0.0400. The maximum Gasteiger partial charge on any atom is 0.00723 e. The van der Waals surface area contributed by atoms with Crippen LogP contribution >= 0.6 is 0 Å². The van der Waals surface area contributed by atoms with Gasteiger partial charge in [-0.1, -0.05) is 66.7 Å². The zero-order valence-electron chi connectivity index (χ0n) is 13.4. The summed E-state index contributed by atoms with van der Waals surface area (Å²) in [6.45, 7) is 12.9. The van der Waals surface area contributed by atoms with Gasteiger partial charge in [-0.05, 0) is 36.6 Å². The van der Waals surface area contributed by atoms with E-state index in [-0.39, 0.29) is 0 Å². The maximum absolute atomic E-state index is 3.73. The highest BCUT2D eigenvalue weighted by Gasteiger charge is 2.25. The maximum atomic E-state index is 3.73. The van der Waals surface area contributed by atoms with Crippen LogP contribution in [-0.4, -0.2) is 12.6 Å². The van der Waals surface area contributed by atoms with E-state index in [1.54, 1.807) is 0 Å². The first-order valence-electron chi connectivity index (χ1n) is 8.16. The number of nitrogens with one attached hydrogen (secondary N) is 1. The third-order valence-corrected chi connectivity index (χ3v) is 4.95. The van der Waals surface area contributed by atoms with Gasteiger partial charge in [0.05, 0.1) is 0 Å². The Kier molecular flexibility index (Phi) is 6.70. The summed E-state index contributed by atoms with van der Waals surface area (Å²) in [5.74, 6) is 1.79.